The van der Waals surface area contributed by atoms with Crippen molar-refractivity contribution < 1.29 is 19.2 Å². The molecule has 0 aliphatic rings. The first kappa shape index (κ1) is 25.7. The highest BCUT2D eigenvalue weighted by molar-refractivity contribution is 6.07. The van der Waals surface area contributed by atoms with Gasteiger partial charge in [0.25, 0.3) is 5.56 Å². The Morgan fingerprint density at radius 3 is 2.76 bits per heavy atom. The van der Waals surface area contributed by atoms with Crippen LogP contribution in [0.25, 0.3) is 10.9 Å². The van der Waals surface area contributed by atoms with Gasteiger partial charge in [-0.1, -0.05) is 47.3 Å². The number of esters is 1. The van der Waals surface area contributed by atoms with Gasteiger partial charge in [-0.3, -0.25) is 4.79 Å². The molecule has 2 N–H and O–H groups in total. The number of aryl methyl sites for hydroxylation is 4. The Kier molecular flexibility index (Phi) is 7.18. The molecule has 190 valence electrons. The van der Waals surface area contributed by atoms with Crippen LogP contribution in [-0.4, -0.2) is 25.8 Å². The van der Waals surface area contributed by atoms with Crippen molar-refractivity contribution in [3.63, 3.8) is 0 Å². The number of aliphatic hydroxyl groups is 1. The van der Waals surface area contributed by atoms with E-state index in [-0.39, 0.29) is 28.9 Å². The Balaban J connectivity index is 1.82. The first-order chi connectivity index (χ1) is 17.6. The van der Waals surface area contributed by atoms with Gasteiger partial charge in [0, 0.05) is 29.9 Å². The number of ether oxygens (including phenoxy) is 1. The van der Waals surface area contributed by atoms with E-state index < -0.39 is 11.6 Å². The van der Waals surface area contributed by atoms with Crippen molar-refractivity contribution in [1.82, 2.24) is 14.7 Å². The minimum atomic E-state index is -1.62. The van der Waals surface area contributed by atoms with Crippen LogP contribution in [0.4, 0.5) is 0 Å². The summed E-state index contributed by atoms with van der Waals surface area (Å²) in [6, 6.07) is 9.25. The van der Waals surface area contributed by atoms with E-state index in [0.717, 1.165) is 11.1 Å². The van der Waals surface area contributed by atoms with E-state index in [4.69, 9.17) is 9.26 Å². The number of carbonyl (C=O) groups is 1. The van der Waals surface area contributed by atoms with E-state index in [1.54, 1.807) is 32.2 Å². The summed E-state index contributed by atoms with van der Waals surface area (Å²) >= 11 is 0. The topological polar surface area (TPSA) is 110 Å². The molecule has 0 aliphatic heterocycles. The summed E-state index contributed by atoms with van der Waals surface area (Å²) in [5.41, 5.74) is 1.61. The smallest absolute Gasteiger partial charge is 0.340 e. The summed E-state index contributed by atoms with van der Waals surface area (Å²) in [5, 5.41) is 15.2. The highest BCUT2D eigenvalue weighted by atomic mass is 16.5. The van der Waals surface area contributed by atoms with E-state index in [0.29, 0.717) is 35.4 Å². The Bertz CT molecular complexity index is 1610. The number of pyridine rings is 1. The second kappa shape index (κ2) is 10.3. The van der Waals surface area contributed by atoms with Crippen LogP contribution in [0.3, 0.4) is 0 Å². The van der Waals surface area contributed by atoms with Crippen molar-refractivity contribution in [1.29, 1.82) is 0 Å². The molecule has 1 unspecified atom stereocenters. The van der Waals surface area contributed by atoms with Gasteiger partial charge in [-0.05, 0) is 45.2 Å². The van der Waals surface area contributed by atoms with Gasteiger partial charge in [-0.2, -0.15) is 0 Å². The van der Waals surface area contributed by atoms with E-state index in [1.165, 1.54) is 11.5 Å². The van der Waals surface area contributed by atoms with Gasteiger partial charge in [0.2, 0.25) is 0 Å². The number of aromatic amines is 1. The molecule has 8 heteroatoms. The Labute approximate surface area is 214 Å². The molecule has 0 fully saturated rings. The van der Waals surface area contributed by atoms with Crippen LogP contribution in [0.15, 0.2) is 58.5 Å². The number of rotatable bonds is 7. The molecule has 0 aliphatic carbocycles. The van der Waals surface area contributed by atoms with Crippen molar-refractivity contribution in [3.8, 4) is 11.8 Å². The van der Waals surface area contributed by atoms with Crippen molar-refractivity contribution in [2.75, 3.05) is 0 Å². The predicted octanol–water partition coefficient (Wildman–Crippen LogP) is 4.44. The maximum absolute atomic E-state index is 13.3. The summed E-state index contributed by atoms with van der Waals surface area (Å²) in [6.45, 7) is 11.1. The SMILES string of the molecule is C=CCCn1cc(C#CC(C)(O)c2cc(C)on2)c2c(C(=O)OCc3ccccc3C)c(C)[nH]c2c1=O. The Hall–Kier alpha value is -4.35. The maximum Gasteiger partial charge on any atom is 0.340 e. The van der Waals surface area contributed by atoms with Crippen molar-refractivity contribution >= 4 is 16.9 Å². The number of hydrogen-bond donors (Lipinski definition) is 2. The molecular formula is C29H29N3O5. The van der Waals surface area contributed by atoms with Crippen LogP contribution in [-0.2, 0) is 23.5 Å². The van der Waals surface area contributed by atoms with Crippen molar-refractivity contribution in [2.45, 2.75) is 52.9 Å². The minimum absolute atomic E-state index is 0.0925. The zero-order chi connectivity index (χ0) is 26.7. The third kappa shape index (κ3) is 5.27. The van der Waals surface area contributed by atoms with Gasteiger partial charge < -0.3 is 23.9 Å². The number of allylic oxidation sites excluding steroid dienone is 1. The van der Waals surface area contributed by atoms with Crippen LogP contribution in [0.1, 0.15) is 57.5 Å². The molecule has 0 radical (unpaired) electrons. The van der Waals surface area contributed by atoms with Gasteiger partial charge in [-0.25, -0.2) is 4.79 Å². The molecule has 37 heavy (non-hydrogen) atoms. The lowest BCUT2D eigenvalue weighted by Gasteiger charge is -2.12. The van der Waals surface area contributed by atoms with E-state index in [1.807, 2.05) is 31.2 Å². The first-order valence-corrected chi connectivity index (χ1v) is 11.9. The van der Waals surface area contributed by atoms with Crippen molar-refractivity contribution in [2.24, 2.45) is 0 Å². The highest BCUT2D eigenvalue weighted by Gasteiger charge is 2.26. The molecule has 0 saturated carbocycles. The largest absolute Gasteiger partial charge is 0.457 e. The number of fused-ring (bicyclic) bond motifs is 1. The molecule has 3 aromatic heterocycles. The molecule has 1 aromatic carbocycles. The number of hydrogen-bond acceptors (Lipinski definition) is 6. The highest BCUT2D eigenvalue weighted by Crippen LogP contribution is 2.26. The molecule has 8 nitrogen and oxygen atoms in total. The standard InChI is InChI=1S/C29H29N3O5/c1-6-7-14-32-16-21(12-13-29(5,35)23-15-19(3)37-31-23)25-24(20(4)30-26(25)27(32)33)28(34)36-17-22-11-9-8-10-18(22)2/h6,8-11,15-16,30,35H,1,7,14,17H2,2-5H3. The molecule has 4 aromatic rings. The summed E-state index contributed by atoms with van der Waals surface area (Å²) in [6.07, 6.45) is 3.88. The number of carbonyl (C=O) groups excluding carboxylic acids is 1. The van der Waals surface area contributed by atoms with E-state index >= 15 is 0 Å². The minimum Gasteiger partial charge on any atom is -0.457 e. The van der Waals surface area contributed by atoms with Crippen LogP contribution < -0.4 is 5.56 Å². The zero-order valence-corrected chi connectivity index (χ0v) is 21.3. The third-order valence-electron chi connectivity index (χ3n) is 6.18. The molecule has 0 bridgehead atoms. The molecule has 0 spiro atoms. The van der Waals surface area contributed by atoms with Crippen LogP contribution in [0, 0.1) is 32.6 Å². The molecule has 0 amide bonds. The number of aromatic nitrogens is 3. The Morgan fingerprint density at radius 2 is 2.08 bits per heavy atom. The Morgan fingerprint density at radius 1 is 1.32 bits per heavy atom. The molecule has 0 saturated heterocycles. The number of benzene rings is 1. The van der Waals surface area contributed by atoms with Gasteiger partial charge in [0.1, 0.15) is 23.6 Å². The fourth-order valence-corrected chi connectivity index (χ4v) is 4.06. The maximum atomic E-state index is 13.3. The van der Waals surface area contributed by atoms with Crippen molar-refractivity contribution in [3.05, 3.63) is 98.9 Å². The normalized spacial score (nSPS) is 12.6. The van der Waals surface area contributed by atoms with Gasteiger partial charge in [-0.15, -0.1) is 6.58 Å². The lowest BCUT2D eigenvalue weighted by Crippen LogP contribution is -2.21. The molecule has 1 atom stereocenters. The molecule has 4 rings (SSSR count). The average Bonchev–Trinajstić information content (AvgIpc) is 3.46. The van der Waals surface area contributed by atoms with Gasteiger partial charge >= 0.3 is 5.97 Å². The number of H-pyrrole nitrogens is 1. The summed E-state index contributed by atoms with van der Waals surface area (Å²) < 4.78 is 12.2. The van der Waals surface area contributed by atoms with Gasteiger partial charge in [0.05, 0.1) is 11.1 Å². The average molecular weight is 500 g/mol. The fourth-order valence-electron chi connectivity index (χ4n) is 4.06. The molecular weight excluding hydrogens is 470 g/mol. The second-order valence-corrected chi connectivity index (χ2v) is 9.14. The van der Waals surface area contributed by atoms with Crippen LogP contribution in [0.2, 0.25) is 0 Å². The van der Waals surface area contributed by atoms with E-state index in [2.05, 4.69) is 28.6 Å². The predicted molar refractivity (Wildman–Crippen MR) is 140 cm³/mol. The lowest BCUT2D eigenvalue weighted by atomic mass is 10.0. The monoisotopic (exact) mass is 499 g/mol. The number of nitrogens with one attached hydrogen (secondary N) is 1. The van der Waals surface area contributed by atoms with Crippen LogP contribution in [0.5, 0.6) is 0 Å². The zero-order valence-electron chi connectivity index (χ0n) is 21.3. The molecule has 3 heterocycles. The fraction of sp³-hybridized carbons (Fsp3) is 0.276. The number of nitrogens with zero attached hydrogens (tertiary/aromatic N) is 2. The summed E-state index contributed by atoms with van der Waals surface area (Å²) in [4.78, 5) is 29.6. The van der Waals surface area contributed by atoms with Crippen LogP contribution >= 0.6 is 0 Å². The summed E-state index contributed by atoms with van der Waals surface area (Å²) in [5.74, 6) is 5.77. The van der Waals surface area contributed by atoms with Gasteiger partial charge in [0.15, 0.2) is 5.60 Å². The first-order valence-electron chi connectivity index (χ1n) is 11.9. The van der Waals surface area contributed by atoms with E-state index in [9.17, 15) is 14.7 Å². The summed E-state index contributed by atoms with van der Waals surface area (Å²) in [7, 11) is 0. The third-order valence-corrected chi connectivity index (χ3v) is 6.18. The quantitative estimate of drug-likeness (QED) is 0.221. The second-order valence-electron chi connectivity index (χ2n) is 9.14. The lowest BCUT2D eigenvalue weighted by molar-refractivity contribution is 0.0473.